The number of rotatable bonds is 5. The van der Waals surface area contributed by atoms with Gasteiger partial charge in [-0.1, -0.05) is 0 Å². The largest absolute Gasteiger partial charge is 0.302 e. The lowest BCUT2D eigenvalue weighted by molar-refractivity contribution is 0.285. The van der Waals surface area contributed by atoms with Crippen molar-refractivity contribution < 1.29 is 0 Å². The second-order valence-corrected chi connectivity index (χ2v) is 3.65. The van der Waals surface area contributed by atoms with Crippen LogP contribution < -0.4 is 0 Å². The topological polar surface area (TPSA) is 3.24 Å². The molecule has 0 aliphatic heterocycles. The molecule has 1 nitrogen and oxygen atoms in total. The maximum atomic E-state index is 5.17. The smallest absolute Gasteiger partial charge is 0.0214 e. The molecule has 0 fully saturated rings. The van der Waals surface area contributed by atoms with Gasteiger partial charge in [0, 0.05) is 24.8 Å². The lowest BCUT2D eigenvalue weighted by Gasteiger charge is -2.22. The zero-order chi connectivity index (χ0) is 8.69. The predicted molar refractivity (Wildman–Crippen MR) is 53.9 cm³/mol. The summed E-state index contributed by atoms with van der Waals surface area (Å²) in [5.74, 6) is 3.83. The van der Waals surface area contributed by atoms with Gasteiger partial charge in [-0.2, -0.15) is 11.8 Å². The van der Waals surface area contributed by atoms with Crippen LogP contribution in [0.2, 0.25) is 0 Å². The molecule has 0 radical (unpaired) electrons. The van der Waals surface area contributed by atoms with Gasteiger partial charge in [-0.3, -0.25) is 0 Å². The van der Waals surface area contributed by atoms with E-state index >= 15 is 0 Å². The summed E-state index contributed by atoms with van der Waals surface area (Å²) < 4.78 is 0. The summed E-state index contributed by atoms with van der Waals surface area (Å²) in [5, 5.41) is 0. The van der Waals surface area contributed by atoms with Crippen LogP contribution in [-0.2, 0) is 0 Å². The van der Waals surface area contributed by atoms with Crippen molar-refractivity contribution in [1.82, 2.24) is 4.90 Å². The molecule has 11 heavy (non-hydrogen) atoms. The first-order valence-electron chi connectivity index (χ1n) is 3.85. The molecule has 64 valence electrons. The monoisotopic (exact) mass is 171 g/mol. The maximum absolute atomic E-state index is 5.17. The van der Waals surface area contributed by atoms with E-state index in [1.807, 2.05) is 11.8 Å². The van der Waals surface area contributed by atoms with Crippen LogP contribution in [0.25, 0.3) is 0 Å². The van der Waals surface area contributed by atoms with Gasteiger partial charge in [-0.25, -0.2) is 0 Å². The van der Waals surface area contributed by atoms with Crippen molar-refractivity contribution in [2.24, 2.45) is 0 Å². The first-order valence-corrected chi connectivity index (χ1v) is 5.24. The van der Waals surface area contributed by atoms with E-state index in [-0.39, 0.29) is 0 Å². The van der Waals surface area contributed by atoms with E-state index in [9.17, 15) is 0 Å². The highest BCUT2D eigenvalue weighted by Gasteiger charge is 2.05. The van der Waals surface area contributed by atoms with Gasteiger partial charge >= 0.3 is 0 Å². The molecule has 0 saturated carbocycles. The average Bonchev–Trinajstić information content (AvgIpc) is 2.00. The SMILES string of the molecule is C#CCCN(C)C(C)CSC. The number of thioether (sulfide) groups is 1. The Morgan fingerprint density at radius 3 is 2.73 bits per heavy atom. The predicted octanol–water partition coefficient (Wildman–Crippen LogP) is 1.69. The van der Waals surface area contributed by atoms with Crippen LogP contribution in [0.15, 0.2) is 0 Å². The molecule has 0 spiro atoms. The van der Waals surface area contributed by atoms with E-state index in [2.05, 4.69) is 31.0 Å². The van der Waals surface area contributed by atoms with Gasteiger partial charge < -0.3 is 4.90 Å². The molecule has 1 unspecified atom stereocenters. The highest BCUT2D eigenvalue weighted by molar-refractivity contribution is 7.98. The Balaban J connectivity index is 3.47. The average molecular weight is 171 g/mol. The molecule has 0 amide bonds. The van der Waals surface area contributed by atoms with Gasteiger partial charge in [-0.05, 0) is 20.2 Å². The van der Waals surface area contributed by atoms with Crippen molar-refractivity contribution in [2.75, 3.05) is 25.6 Å². The number of terminal acetylenes is 1. The van der Waals surface area contributed by atoms with Crippen molar-refractivity contribution in [3.8, 4) is 12.3 Å². The van der Waals surface area contributed by atoms with Crippen LogP contribution >= 0.6 is 11.8 Å². The summed E-state index contributed by atoms with van der Waals surface area (Å²) >= 11 is 1.88. The first kappa shape index (κ1) is 10.9. The molecular formula is C9H17NS. The fourth-order valence-electron chi connectivity index (χ4n) is 0.830. The molecule has 0 aliphatic rings. The molecule has 2 heteroatoms. The maximum Gasteiger partial charge on any atom is 0.0214 e. The third kappa shape index (κ3) is 5.17. The second kappa shape index (κ2) is 6.57. The van der Waals surface area contributed by atoms with E-state index < -0.39 is 0 Å². The Morgan fingerprint density at radius 2 is 2.27 bits per heavy atom. The summed E-state index contributed by atoms with van der Waals surface area (Å²) in [6.07, 6.45) is 8.16. The molecule has 0 aliphatic carbocycles. The van der Waals surface area contributed by atoms with Crippen LogP contribution in [0.1, 0.15) is 13.3 Å². The van der Waals surface area contributed by atoms with Crippen LogP contribution in [0.3, 0.4) is 0 Å². The Morgan fingerprint density at radius 1 is 1.64 bits per heavy atom. The van der Waals surface area contributed by atoms with Crippen LogP contribution in [0.4, 0.5) is 0 Å². The van der Waals surface area contributed by atoms with Gasteiger partial charge in [0.2, 0.25) is 0 Å². The van der Waals surface area contributed by atoms with Crippen molar-refractivity contribution in [3.05, 3.63) is 0 Å². The highest BCUT2D eigenvalue weighted by Crippen LogP contribution is 2.03. The Bertz CT molecular complexity index is 128. The molecule has 0 saturated heterocycles. The van der Waals surface area contributed by atoms with Gasteiger partial charge in [0.05, 0.1) is 0 Å². The number of hydrogen-bond donors (Lipinski definition) is 0. The molecule has 0 aromatic heterocycles. The first-order chi connectivity index (χ1) is 5.22. The molecule has 0 aromatic rings. The van der Waals surface area contributed by atoms with Crippen molar-refractivity contribution in [1.29, 1.82) is 0 Å². The summed E-state index contributed by atoms with van der Waals surface area (Å²) in [4.78, 5) is 2.30. The van der Waals surface area contributed by atoms with E-state index in [4.69, 9.17) is 6.42 Å². The minimum atomic E-state index is 0.637. The molecule has 0 N–H and O–H groups in total. The molecule has 0 heterocycles. The Kier molecular flexibility index (Phi) is 6.49. The molecular weight excluding hydrogens is 154 g/mol. The van der Waals surface area contributed by atoms with E-state index in [0.29, 0.717) is 6.04 Å². The Hall–Kier alpha value is -0.130. The summed E-state index contributed by atoms with van der Waals surface area (Å²) in [6, 6.07) is 0.637. The van der Waals surface area contributed by atoms with Gasteiger partial charge in [0.1, 0.15) is 0 Å². The molecule has 0 rings (SSSR count). The van der Waals surface area contributed by atoms with Gasteiger partial charge in [0.25, 0.3) is 0 Å². The third-order valence-corrected chi connectivity index (χ3v) is 2.58. The van der Waals surface area contributed by atoms with E-state index in [1.165, 1.54) is 5.75 Å². The summed E-state index contributed by atoms with van der Waals surface area (Å²) in [7, 11) is 2.12. The van der Waals surface area contributed by atoms with Crippen molar-refractivity contribution in [2.45, 2.75) is 19.4 Å². The molecule has 0 bridgehead atoms. The normalized spacial score (nSPS) is 13.0. The summed E-state index contributed by atoms with van der Waals surface area (Å²) in [5.41, 5.74) is 0. The Labute approximate surface area is 74.5 Å². The van der Waals surface area contributed by atoms with Crippen LogP contribution in [0.5, 0.6) is 0 Å². The van der Waals surface area contributed by atoms with Crippen molar-refractivity contribution in [3.63, 3.8) is 0 Å². The summed E-state index contributed by atoms with van der Waals surface area (Å²) in [6.45, 7) is 3.24. The minimum Gasteiger partial charge on any atom is -0.302 e. The fourth-order valence-corrected chi connectivity index (χ4v) is 1.57. The van der Waals surface area contributed by atoms with Crippen LogP contribution in [0, 0.1) is 12.3 Å². The standard InChI is InChI=1S/C9H17NS/c1-5-6-7-10(3)9(2)8-11-4/h1,9H,6-8H2,2-4H3. The lowest BCUT2D eigenvalue weighted by atomic mass is 10.3. The minimum absolute atomic E-state index is 0.637. The molecule has 0 aromatic carbocycles. The zero-order valence-corrected chi connectivity index (χ0v) is 8.45. The number of nitrogens with zero attached hydrogens (tertiary/aromatic N) is 1. The highest BCUT2D eigenvalue weighted by atomic mass is 32.2. The van der Waals surface area contributed by atoms with Gasteiger partial charge in [0.15, 0.2) is 0 Å². The number of hydrogen-bond acceptors (Lipinski definition) is 2. The fraction of sp³-hybridized carbons (Fsp3) is 0.778. The van der Waals surface area contributed by atoms with E-state index in [1.54, 1.807) is 0 Å². The van der Waals surface area contributed by atoms with E-state index in [0.717, 1.165) is 13.0 Å². The third-order valence-electron chi connectivity index (χ3n) is 1.77. The zero-order valence-electron chi connectivity index (χ0n) is 7.63. The van der Waals surface area contributed by atoms with Crippen LogP contribution in [-0.4, -0.2) is 36.5 Å². The lowest BCUT2D eigenvalue weighted by Crippen LogP contribution is -2.31. The van der Waals surface area contributed by atoms with Crippen molar-refractivity contribution >= 4 is 11.8 Å². The second-order valence-electron chi connectivity index (χ2n) is 2.74. The van der Waals surface area contributed by atoms with Gasteiger partial charge in [-0.15, -0.1) is 12.3 Å². The quantitative estimate of drug-likeness (QED) is 0.579. The molecule has 1 atom stereocenters.